The Balaban J connectivity index is 0. The Bertz CT molecular complexity index is 21.7. The van der Waals surface area contributed by atoms with Crippen LogP contribution >= 0.6 is 21.6 Å². The van der Waals surface area contributed by atoms with Gasteiger partial charge in [-0.15, -0.1) is 0 Å². The fourth-order valence-electron chi connectivity index (χ4n) is 0.167. The van der Waals surface area contributed by atoms with E-state index in [1.54, 1.807) is 0 Å². The van der Waals surface area contributed by atoms with Crippen molar-refractivity contribution in [3.63, 3.8) is 0 Å². The van der Waals surface area contributed by atoms with Crippen molar-refractivity contribution < 1.29 is 0 Å². The normalized spacial score (nSPS) is 7.71. The average Bonchev–Trinajstić information content (AvgIpc) is 1.61. The molecule has 44 valence electrons. The summed E-state index contributed by atoms with van der Waals surface area (Å²) in [5.74, 6) is 2.47. The van der Waals surface area contributed by atoms with Gasteiger partial charge in [-0.25, -0.2) is 0 Å². The van der Waals surface area contributed by atoms with Gasteiger partial charge in [-0.3, -0.25) is 0 Å². The van der Waals surface area contributed by atoms with Gasteiger partial charge in [-0.1, -0.05) is 35.4 Å². The average molecular weight is 331 g/mol. The van der Waals surface area contributed by atoms with Crippen LogP contribution in [-0.4, -0.2) is 38.8 Å². The van der Waals surface area contributed by atoms with Crippen molar-refractivity contribution in [3.05, 3.63) is 0 Å². The summed E-state index contributed by atoms with van der Waals surface area (Å²) in [5, 5.41) is 0. The number of hydrogen-bond donors (Lipinski definition) is 0. The van der Waals surface area contributed by atoms with Crippen LogP contribution in [0.3, 0.4) is 0 Å². The fraction of sp³-hybridized carbons (Fsp3) is 1.00. The Labute approximate surface area is 73.8 Å². The monoisotopic (exact) mass is 332 g/mol. The van der Waals surface area contributed by atoms with Crippen LogP contribution in [0.15, 0.2) is 0 Å². The van der Waals surface area contributed by atoms with Gasteiger partial charge in [0.05, 0.1) is 0 Å². The molecular weight excluding hydrogens is 319 g/mol. The van der Waals surface area contributed by atoms with E-state index in [1.165, 1.54) is 11.5 Å². The van der Waals surface area contributed by atoms with Crippen molar-refractivity contribution in [3.8, 4) is 0 Å². The number of rotatable bonds is 3. The molecule has 7 heavy (non-hydrogen) atoms. The number of hydrogen-bond acceptors (Lipinski definition) is 2. The standard InChI is InChI=1S/C4H10S2.Pb.2H/c1-3-5-6-4-2;;;/h3-4H2,1-2H3;;;. The third-order valence-corrected chi connectivity index (χ3v) is 2.87. The third kappa shape index (κ3) is 11.3. The molecule has 0 fully saturated rings. The molecule has 0 aromatic rings. The predicted molar refractivity (Wildman–Crippen MR) is 44.8 cm³/mol. The van der Waals surface area contributed by atoms with Gasteiger partial charge in [0.1, 0.15) is 0 Å². The van der Waals surface area contributed by atoms with Crippen molar-refractivity contribution in [2.45, 2.75) is 13.8 Å². The van der Waals surface area contributed by atoms with Gasteiger partial charge >= 0.3 is 27.3 Å². The molecule has 0 N–H and O–H groups in total. The van der Waals surface area contributed by atoms with Gasteiger partial charge in [0, 0.05) is 11.5 Å². The third-order valence-electron chi connectivity index (χ3n) is 0.319. The first-order valence-corrected chi connectivity index (χ1v) is 4.65. The SMILES string of the molecule is CCSSCC.[PbH2]. The zero-order valence-electron chi connectivity index (χ0n) is 4.94. The van der Waals surface area contributed by atoms with Crippen molar-refractivity contribution in [2.24, 2.45) is 0 Å². The predicted octanol–water partition coefficient (Wildman–Crippen LogP) is 1.49. The van der Waals surface area contributed by atoms with Crippen LogP contribution in [0.1, 0.15) is 13.8 Å². The summed E-state index contributed by atoms with van der Waals surface area (Å²) in [7, 11) is 3.85. The van der Waals surface area contributed by atoms with E-state index in [1.807, 2.05) is 21.6 Å². The molecule has 0 aliphatic carbocycles. The second-order valence-electron chi connectivity index (χ2n) is 0.813. The summed E-state index contributed by atoms with van der Waals surface area (Å²) in [5.41, 5.74) is 0. The van der Waals surface area contributed by atoms with Gasteiger partial charge in [0.25, 0.3) is 0 Å². The van der Waals surface area contributed by atoms with Crippen molar-refractivity contribution in [1.29, 1.82) is 0 Å². The van der Waals surface area contributed by atoms with E-state index in [4.69, 9.17) is 0 Å². The molecular formula is C4H12PbS2. The molecule has 0 aliphatic rings. The molecule has 0 spiro atoms. The van der Waals surface area contributed by atoms with E-state index in [9.17, 15) is 0 Å². The summed E-state index contributed by atoms with van der Waals surface area (Å²) in [4.78, 5) is 0. The van der Waals surface area contributed by atoms with Gasteiger partial charge in [0.15, 0.2) is 0 Å². The molecule has 3 heteroatoms. The second-order valence-corrected chi connectivity index (χ2v) is 3.85. The van der Waals surface area contributed by atoms with Gasteiger partial charge in [-0.2, -0.15) is 0 Å². The Morgan fingerprint density at radius 3 is 1.43 bits per heavy atom. The molecule has 2 radical (unpaired) electrons. The van der Waals surface area contributed by atoms with Crippen molar-refractivity contribution in [2.75, 3.05) is 11.5 Å². The maximum absolute atomic E-state index is 2.17. The first-order chi connectivity index (χ1) is 2.91. The topological polar surface area (TPSA) is 0 Å². The van der Waals surface area contributed by atoms with E-state index in [0.717, 1.165) is 0 Å². The summed E-state index contributed by atoms with van der Waals surface area (Å²) < 4.78 is 0. The quantitative estimate of drug-likeness (QED) is 0.437. The maximum atomic E-state index is 2.17. The summed E-state index contributed by atoms with van der Waals surface area (Å²) in [6.07, 6.45) is 0. The van der Waals surface area contributed by atoms with Crippen molar-refractivity contribution >= 4 is 48.9 Å². The zero-order chi connectivity index (χ0) is 4.83. The minimum atomic E-state index is 0. The summed E-state index contributed by atoms with van der Waals surface area (Å²) >= 11 is 0. The first-order valence-electron chi connectivity index (χ1n) is 2.16. The van der Waals surface area contributed by atoms with E-state index in [-0.39, 0.29) is 27.3 Å². The fourth-order valence-corrected chi connectivity index (χ4v) is 1.50. The second kappa shape index (κ2) is 10.6. The first kappa shape index (κ1) is 11.4. The van der Waals surface area contributed by atoms with Crippen LogP contribution in [0.5, 0.6) is 0 Å². The molecule has 0 aromatic carbocycles. The molecule has 0 unspecified atom stereocenters. The molecule has 0 aromatic heterocycles. The zero-order valence-corrected chi connectivity index (χ0v) is 12.1. The van der Waals surface area contributed by atoms with Crippen molar-refractivity contribution in [1.82, 2.24) is 0 Å². The molecule has 0 atom stereocenters. The summed E-state index contributed by atoms with van der Waals surface area (Å²) in [6.45, 7) is 4.35. The van der Waals surface area contributed by atoms with Crippen LogP contribution in [0, 0.1) is 0 Å². The van der Waals surface area contributed by atoms with Crippen LogP contribution in [0.4, 0.5) is 0 Å². The molecule has 0 saturated carbocycles. The summed E-state index contributed by atoms with van der Waals surface area (Å²) in [6, 6.07) is 0. The van der Waals surface area contributed by atoms with Crippen LogP contribution in [0.2, 0.25) is 0 Å². The Hall–Kier alpha value is 1.62. The van der Waals surface area contributed by atoms with Gasteiger partial charge < -0.3 is 0 Å². The van der Waals surface area contributed by atoms with Crippen LogP contribution in [0.25, 0.3) is 0 Å². The Morgan fingerprint density at radius 1 is 1.00 bits per heavy atom. The van der Waals surface area contributed by atoms with E-state index in [2.05, 4.69) is 13.8 Å². The molecule has 0 rings (SSSR count). The Kier molecular flexibility index (Phi) is 17.3. The van der Waals surface area contributed by atoms with Gasteiger partial charge in [-0.05, 0) is 0 Å². The Morgan fingerprint density at radius 2 is 1.29 bits per heavy atom. The minimum absolute atomic E-state index is 0. The van der Waals surface area contributed by atoms with Gasteiger partial charge in [0.2, 0.25) is 0 Å². The van der Waals surface area contributed by atoms with Crippen LogP contribution in [-0.2, 0) is 0 Å². The molecule has 0 amide bonds. The molecule has 0 aliphatic heterocycles. The van der Waals surface area contributed by atoms with E-state index >= 15 is 0 Å². The van der Waals surface area contributed by atoms with Crippen LogP contribution < -0.4 is 0 Å². The molecule has 0 bridgehead atoms. The van der Waals surface area contributed by atoms with E-state index in [0.29, 0.717) is 0 Å². The molecule has 0 heterocycles. The van der Waals surface area contributed by atoms with E-state index < -0.39 is 0 Å². The molecule has 0 nitrogen and oxygen atoms in total. The molecule has 0 saturated heterocycles.